The number of benzene rings is 1. The lowest BCUT2D eigenvalue weighted by atomic mass is 9.90. The predicted octanol–water partition coefficient (Wildman–Crippen LogP) is 1.73. The van der Waals surface area contributed by atoms with Gasteiger partial charge in [0.25, 0.3) is 5.91 Å². The largest absolute Gasteiger partial charge is 0.388 e. The molecule has 3 atom stereocenters. The molecule has 1 saturated carbocycles. The molecule has 1 aromatic heterocycles. The maximum absolute atomic E-state index is 12.4. The van der Waals surface area contributed by atoms with Crippen molar-refractivity contribution < 1.29 is 14.6 Å². The van der Waals surface area contributed by atoms with E-state index >= 15 is 0 Å². The smallest absolute Gasteiger partial charge is 0.269 e. The summed E-state index contributed by atoms with van der Waals surface area (Å²) in [5, 5.41) is 20.1. The van der Waals surface area contributed by atoms with E-state index in [0.29, 0.717) is 5.69 Å². The number of methoxy groups -OCH3 is 1. The van der Waals surface area contributed by atoms with Crippen molar-refractivity contribution in [3.8, 4) is 11.3 Å². The topological polar surface area (TPSA) is 87.2 Å². The molecule has 1 aliphatic carbocycles. The zero-order chi connectivity index (χ0) is 16.2. The Hall–Kier alpha value is -2.18. The number of ether oxygens (including phenoxy) is 1. The van der Waals surface area contributed by atoms with E-state index in [1.54, 1.807) is 13.2 Å². The van der Waals surface area contributed by atoms with E-state index in [1.165, 1.54) is 0 Å². The fourth-order valence-electron chi connectivity index (χ4n) is 3.00. The summed E-state index contributed by atoms with van der Waals surface area (Å²) in [7, 11) is 1.58. The van der Waals surface area contributed by atoms with Gasteiger partial charge in [-0.2, -0.15) is 5.10 Å². The van der Waals surface area contributed by atoms with Crippen molar-refractivity contribution in [1.29, 1.82) is 0 Å². The van der Waals surface area contributed by atoms with Gasteiger partial charge in [0.05, 0.1) is 17.8 Å². The summed E-state index contributed by atoms with van der Waals surface area (Å²) in [4.78, 5) is 12.4. The molecule has 3 N–H and O–H groups in total. The lowest BCUT2D eigenvalue weighted by Crippen LogP contribution is -2.51. The van der Waals surface area contributed by atoms with Gasteiger partial charge in [-0.25, -0.2) is 0 Å². The first-order valence-electron chi connectivity index (χ1n) is 7.81. The number of nitrogens with zero attached hydrogens (tertiary/aromatic N) is 1. The number of hydrogen-bond acceptors (Lipinski definition) is 4. The van der Waals surface area contributed by atoms with Crippen LogP contribution < -0.4 is 5.32 Å². The van der Waals surface area contributed by atoms with E-state index in [9.17, 15) is 9.90 Å². The second-order valence-electron chi connectivity index (χ2n) is 5.81. The van der Waals surface area contributed by atoms with Crippen LogP contribution >= 0.6 is 0 Å². The molecule has 1 amide bonds. The maximum Gasteiger partial charge on any atom is 0.269 e. The number of carbonyl (C=O) groups excluding carboxylic acids is 1. The molecule has 1 fully saturated rings. The van der Waals surface area contributed by atoms with Gasteiger partial charge in [-0.15, -0.1) is 0 Å². The first kappa shape index (κ1) is 15.7. The number of hydrogen-bond donors (Lipinski definition) is 3. The number of aliphatic hydroxyl groups excluding tert-OH is 1. The van der Waals surface area contributed by atoms with Crippen molar-refractivity contribution in [2.75, 3.05) is 7.11 Å². The van der Waals surface area contributed by atoms with E-state index < -0.39 is 6.10 Å². The molecule has 6 nitrogen and oxygen atoms in total. The van der Waals surface area contributed by atoms with Crippen LogP contribution in [0.25, 0.3) is 11.3 Å². The molecule has 1 aromatic carbocycles. The van der Waals surface area contributed by atoms with Crippen molar-refractivity contribution in [2.45, 2.75) is 37.5 Å². The van der Waals surface area contributed by atoms with Crippen LogP contribution in [0.4, 0.5) is 0 Å². The number of aliphatic hydroxyl groups is 1. The Balaban J connectivity index is 1.68. The summed E-state index contributed by atoms with van der Waals surface area (Å²) in [6.45, 7) is 0. The minimum absolute atomic E-state index is 0.226. The van der Waals surface area contributed by atoms with Crippen molar-refractivity contribution in [3.05, 3.63) is 42.1 Å². The zero-order valence-electron chi connectivity index (χ0n) is 13.0. The number of aromatic amines is 1. The number of H-pyrrole nitrogens is 1. The normalized spacial score (nSPS) is 24.3. The number of aromatic nitrogens is 2. The molecule has 0 bridgehead atoms. The standard InChI is InChI=1S/C17H21N3O3/c1-23-15-9-5-8-12(16(15)21)18-17(22)14-10-13(19-20-14)11-6-3-2-4-7-11/h2-4,6-7,10,12,15-16,21H,5,8-9H2,1H3,(H,18,22)(H,19,20)/t12-,15-,16-/m1/s1. The first-order valence-corrected chi connectivity index (χ1v) is 7.81. The fourth-order valence-corrected chi connectivity index (χ4v) is 3.00. The molecule has 1 heterocycles. The molecule has 2 aromatic rings. The molecule has 0 unspecified atom stereocenters. The summed E-state index contributed by atoms with van der Waals surface area (Å²) in [6.07, 6.45) is 1.56. The molecule has 0 saturated heterocycles. The van der Waals surface area contributed by atoms with Crippen molar-refractivity contribution in [2.24, 2.45) is 0 Å². The van der Waals surface area contributed by atoms with Gasteiger partial charge in [0.2, 0.25) is 0 Å². The molecule has 0 spiro atoms. The van der Waals surface area contributed by atoms with Gasteiger partial charge in [-0.3, -0.25) is 9.89 Å². The average molecular weight is 315 g/mol. The maximum atomic E-state index is 12.4. The Labute approximate surface area is 134 Å². The van der Waals surface area contributed by atoms with Crippen LogP contribution in [0.3, 0.4) is 0 Å². The number of amides is 1. The number of nitrogens with one attached hydrogen (secondary N) is 2. The minimum atomic E-state index is -0.686. The highest BCUT2D eigenvalue weighted by Crippen LogP contribution is 2.22. The highest BCUT2D eigenvalue weighted by Gasteiger charge is 2.33. The van der Waals surface area contributed by atoms with Crippen molar-refractivity contribution in [3.63, 3.8) is 0 Å². The first-order chi connectivity index (χ1) is 11.2. The zero-order valence-corrected chi connectivity index (χ0v) is 13.0. The van der Waals surface area contributed by atoms with Gasteiger partial charge in [-0.1, -0.05) is 30.3 Å². The van der Waals surface area contributed by atoms with Gasteiger partial charge >= 0.3 is 0 Å². The van der Waals surface area contributed by atoms with Crippen LogP contribution in [0.5, 0.6) is 0 Å². The van der Waals surface area contributed by atoms with Crippen LogP contribution in [0.15, 0.2) is 36.4 Å². The molecule has 6 heteroatoms. The average Bonchev–Trinajstić information content (AvgIpc) is 3.08. The molecular weight excluding hydrogens is 294 g/mol. The molecule has 23 heavy (non-hydrogen) atoms. The molecular formula is C17H21N3O3. The second kappa shape index (κ2) is 6.93. The van der Waals surface area contributed by atoms with E-state index in [0.717, 1.165) is 30.5 Å². The minimum Gasteiger partial charge on any atom is -0.388 e. The van der Waals surface area contributed by atoms with E-state index in [2.05, 4.69) is 15.5 Å². The molecule has 3 rings (SSSR count). The highest BCUT2D eigenvalue weighted by atomic mass is 16.5. The SMILES string of the molecule is CO[C@@H]1CCC[C@@H](NC(=O)c2cc(-c3ccccc3)n[nH]2)[C@H]1O. The van der Waals surface area contributed by atoms with E-state index in [1.807, 2.05) is 30.3 Å². The summed E-state index contributed by atoms with van der Waals surface area (Å²) in [6, 6.07) is 11.1. The Morgan fingerprint density at radius 1 is 1.35 bits per heavy atom. The van der Waals surface area contributed by atoms with E-state index in [4.69, 9.17) is 4.74 Å². The van der Waals surface area contributed by atoms with Crippen LogP contribution in [-0.4, -0.2) is 46.6 Å². The Morgan fingerprint density at radius 2 is 2.13 bits per heavy atom. The molecule has 0 radical (unpaired) electrons. The predicted molar refractivity (Wildman–Crippen MR) is 85.9 cm³/mol. The Kier molecular flexibility index (Phi) is 4.73. The molecule has 0 aliphatic heterocycles. The van der Waals surface area contributed by atoms with Gasteiger partial charge in [0.15, 0.2) is 0 Å². The summed E-state index contributed by atoms with van der Waals surface area (Å²) >= 11 is 0. The Bertz CT molecular complexity index is 656. The number of rotatable bonds is 4. The third kappa shape index (κ3) is 3.43. The number of carbonyl (C=O) groups is 1. The van der Waals surface area contributed by atoms with Crippen molar-refractivity contribution in [1.82, 2.24) is 15.5 Å². The summed E-state index contributed by atoms with van der Waals surface area (Å²) in [5.41, 5.74) is 2.05. The highest BCUT2D eigenvalue weighted by molar-refractivity contribution is 5.93. The second-order valence-corrected chi connectivity index (χ2v) is 5.81. The van der Waals surface area contributed by atoms with Gasteiger partial charge < -0.3 is 15.2 Å². The summed E-state index contributed by atoms with van der Waals surface area (Å²) in [5.74, 6) is -0.263. The summed E-state index contributed by atoms with van der Waals surface area (Å²) < 4.78 is 5.26. The van der Waals surface area contributed by atoms with Crippen LogP contribution in [0.2, 0.25) is 0 Å². The van der Waals surface area contributed by atoms with Gasteiger partial charge in [-0.05, 0) is 25.3 Å². The lowest BCUT2D eigenvalue weighted by Gasteiger charge is -2.34. The third-order valence-electron chi connectivity index (χ3n) is 4.31. The quantitative estimate of drug-likeness (QED) is 0.802. The van der Waals surface area contributed by atoms with Crippen LogP contribution in [0, 0.1) is 0 Å². The van der Waals surface area contributed by atoms with Gasteiger partial charge in [0, 0.05) is 12.7 Å². The molecule has 1 aliphatic rings. The monoisotopic (exact) mass is 315 g/mol. The van der Waals surface area contributed by atoms with Crippen molar-refractivity contribution >= 4 is 5.91 Å². The third-order valence-corrected chi connectivity index (χ3v) is 4.31. The fraction of sp³-hybridized carbons (Fsp3) is 0.412. The Morgan fingerprint density at radius 3 is 2.87 bits per heavy atom. The van der Waals surface area contributed by atoms with Crippen LogP contribution in [0.1, 0.15) is 29.8 Å². The van der Waals surface area contributed by atoms with Crippen LogP contribution in [-0.2, 0) is 4.74 Å². The lowest BCUT2D eigenvalue weighted by molar-refractivity contribution is -0.0513. The van der Waals surface area contributed by atoms with E-state index in [-0.39, 0.29) is 18.1 Å². The molecule has 122 valence electrons. The van der Waals surface area contributed by atoms with Gasteiger partial charge in [0.1, 0.15) is 11.8 Å².